The Morgan fingerprint density at radius 1 is 1.20 bits per heavy atom. The van der Waals surface area contributed by atoms with E-state index in [4.69, 9.17) is 14.6 Å². The van der Waals surface area contributed by atoms with Crippen LogP contribution in [0.5, 0.6) is 5.88 Å². The summed E-state index contributed by atoms with van der Waals surface area (Å²) in [6.45, 7) is 3.12. The first-order valence-electron chi connectivity index (χ1n) is 12.0. The first kappa shape index (κ1) is 22.2. The smallest absolute Gasteiger partial charge is 0.256 e. The number of imidazole rings is 1. The maximum atomic E-state index is 13.2. The SMILES string of the molecule is COc1nc(NC2CCC3(CC2)COC3)nn2ccc(-c3ccc4nc(C)n(CC(F)F)c4c3)c12. The zero-order valence-electron chi connectivity index (χ0n) is 19.8. The number of aromatic nitrogens is 5. The van der Waals surface area contributed by atoms with Gasteiger partial charge in [-0.15, -0.1) is 5.10 Å². The Morgan fingerprint density at radius 2 is 2.00 bits per heavy atom. The standard InChI is InChI=1S/C25H28F2N6O2/c1-15-28-19-4-3-16(11-20(19)32(15)12-21(26)27)18-7-10-33-22(18)23(34-2)30-24(31-33)29-17-5-8-25(9-6-17)13-35-14-25/h3-4,7,10-11,17,21H,5-6,8-9,12-14H2,1-2H3,(H,29,31). The van der Waals surface area contributed by atoms with Crippen molar-refractivity contribution in [3.63, 3.8) is 0 Å². The van der Waals surface area contributed by atoms with E-state index in [1.165, 1.54) is 0 Å². The molecule has 0 amide bonds. The topological polar surface area (TPSA) is 78.5 Å². The zero-order valence-corrected chi connectivity index (χ0v) is 19.8. The van der Waals surface area contributed by atoms with Crippen LogP contribution < -0.4 is 10.1 Å². The Labute approximate surface area is 201 Å². The zero-order chi connectivity index (χ0) is 24.2. The number of nitrogens with zero attached hydrogens (tertiary/aromatic N) is 5. The number of anilines is 1. The molecule has 6 rings (SSSR count). The lowest BCUT2D eigenvalue weighted by atomic mass is 9.71. The molecule has 1 saturated carbocycles. The maximum absolute atomic E-state index is 13.2. The number of rotatable bonds is 6. The monoisotopic (exact) mass is 482 g/mol. The van der Waals surface area contributed by atoms with Crippen LogP contribution in [0.4, 0.5) is 14.7 Å². The van der Waals surface area contributed by atoms with Crippen molar-refractivity contribution < 1.29 is 18.3 Å². The molecule has 1 saturated heterocycles. The highest BCUT2D eigenvalue weighted by Crippen LogP contribution is 2.43. The lowest BCUT2D eigenvalue weighted by molar-refractivity contribution is -0.131. The van der Waals surface area contributed by atoms with Gasteiger partial charge in [0.25, 0.3) is 6.43 Å². The van der Waals surface area contributed by atoms with Crippen molar-refractivity contribution in [2.45, 2.75) is 51.6 Å². The van der Waals surface area contributed by atoms with Gasteiger partial charge in [0, 0.05) is 23.2 Å². The number of fused-ring (bicyclic) bond motifs is 2. The van der Waals surface area contributed by atoms with Crippen LogP contribution >= 0.6 is 0 Å². The second-order valence-corrected chi connectivity index (χ2v) is 9.74. The summed E-state index contributed by atoms with van der Waals surface area (Å²) < 4.78 is 40.7. The first-order chi connectivity index (χ1) is 16.9. The van der Waals surface area contributed by atoms with Gasteiger partial charge >= 0.3 is 0 Å². The number of halogens is 2. The van der Waals surface area contributed by atoms with E-state index in [0.29, 0.717) is 40.1 Å². The minimum absolute atomic E-state index is 0.319. The first-order valence-corrected chi connectivity index (χ1v) is 12.0. The lowest BCUT2D eigenvalue weighted by Crippen LogP contribution is -2.47. The largest absolute Gasteiger partial charge is 0.479 e. The van der Waals surface area contributed by atoms with Crippen molar-refractivity contribution in [3.8, 4) is 17.0 Å². The van der Waals surface area contributed by atoms with Crippen LogP contribution in [0.1, 0.15) is 31.5 Å². The Bertz CT molecular complexity index is 1380. The number of benzene rings is 1. The summed E-state index contributed by atoms with van der Waals surface area (Å²) in [5, 5.41) is 8.18. The third kappa shape index (κ3) is 3.89. The number of nitrogens with one attached hydrogen (secondary N) is 1. The Hall–Kier alpha value is -3.27. The van der Waals surface area contributed by atoms with Gasteiger partial charge in [-0.1, -0.05) is 6.07 Å². The predicted octanol–water partition coefficient (Wildman–Crippen LogP) is 4.70. The molecule has 0 bridgehead atoms. The molecule has 35 heavy (non-hydrogen) atoms. The molecule has 2 aliphatic rings. The fourth-order valence-corrected chi connectivity index (χ4v) is 5.44. The summed E-state index contributed by atoms with van der Waals surface area (Å²) in [5.74, 6) is 1.55. The van der Waals surface area contributed by atoms with E-state index in [-0.39, 0.29) is 6.54 Å². The van der Waals surface area contributed by atoms with Crippen molar-refractivity contribution in [3.05, 3.63) is 36.3 Å². The van der Waals surface area contributed by atoms with E-state index in [2.05, 4.69) is 15.3 Å². The Balaban J connectivity index is 1.32. The van der Waals surface area contributed by atoms with Gasteiger partial charge in [0.2, 0.25) is 11.8 Å². The van der Waals surface area contributed by atoms with Gasteiger partial charge < -0.3 is 19.4 Å². The number of aryl methyl sites for hydroxylation is 1. The van der Waals surface area contributed by atoms with Crippen molar-refractivity contribution in [2.24, 2.45) is 5.41 Å². The third-order valence-electron chi connectivity index (χ3n) is 7.44. The molecule has 184 valence electrons. The molecule has 0 radical (unpaired) electrons. The van der Waals surface area contributed by atoms with Gasteiger partial charge in [-0.2, -0.15) is 4.98 Å². The van der Waals surface area contributed by atoms with E-state index in [0.717, 1.165) is 55.5 Å². The van der Waals surface area contributed by atoms with E-state index in [1.807, 2.05) is 30.5 Å². The molecule has 4 aromatic rings. The molecular formula is C25H28F2N6O2. The highest BCUT2D eigenvalue weighted by atomic mass is 19.3. The van der Waals surface area contributed by atoms with E-state index >= 15 is 0 Å². The molecule has 1 N–H and O–H groups in total. The molecule has 4 heterocycles. The highest BCUT2D eigenvalue weighted by molar-refractivity contribution is 5.89. The second-order valence-electron chi connectivity index (χ2n) is 9.74. The van der Waals surface area contributed by atoms with E-state index < -0.39 is 6.43 Å². The number of methoxy groups -OCH3 is 1. The molecule has 1 aromatic carbocycles. The minimum Gasteiger partial charge on any atom is -0.479 e. The third-order valence-corrected chi connectivity index (χ3v) is 7.44. The van der Waals surface area contributed by atoms with E-state index in [1.54, 1.807) is 23.1 Å². The summed E-state index contributed by atoms with van der Waals surface area (Å²) in [6.07, 6.45) is 3.85. The average molecular weight is 483 g/mol. The van der Waals surface area contributed by atoms with Crippen molar-refractivity contribution >= 4 is 22.5 Å². The summed E-state index contributed by atoms with van der Waals surface area (Å²) in [6, 6.07) is 7.94. The van der Waals surface area contributed by atoms with Crippen LogP contribution in [0.3, 0.4) is 0 Å². The summed E-state index contributed by atoms with van der Waals surface area (Å²) in [7, 11) is 1.59. The van der Waals surface area contributed by atoms with Gasteiger partial charge in [0.1, 0.15) is 11.3 Å². The summed E-state index contributed by atoms with van der Waals surface area (Å²) >= 11 is 0. The maximum Gasteiger partial charge on any atom is 0.256 e. The molecular weight excluding hydrogens is 454 g/mol. The molecule has 1 spiro atoms. The van der Waals surface area contributed by atoms with Gasteiger partial charge in [-0.3, -0.25) is 0 Å². The van der Waals surface area contributed by atoms with Crippen LogP contribution in [0.15, 0.2) is 30.5 Å². The van der Waals surface area contributed by atoms with Crippen LogP contribution in [-0.2, 0) is 11.3 Å². The lowest BCUT2D eigenvalue weighted by Gasteiger charge is -2.46. The Morgan fingerprint density at radius 3 is 2.69 bits per heavy atom. The average Bonchev–Trinajstić information content (AvgIpc) is 3.38. The van der Waals surface area contributed by atoms with Gasteiger partial charge in [-0.05, 0) is 56.4 Å². The number of hydrogen-bond acceptors (Lipinski definition) is 6. The Kier molecular flexibility index (Phi) is 5.36. The fourth-order valence-electron chi connectivity index (χ4n) is 5.44. The van der Waals surface area contributed by atoms with E-state index in [9.17, 15) is 8.78 Å². The van der Waals surface area contributed by atoms with Crippen molar-refractivity contribution in [1.29, 1.82) is 0 Å². The summed E-state index contributed by atoms with van der Waals surface area (Å²) in [5.41, 5.74) is 4.20. The van der Waals surface area contributed by atoms with Gasteiger partial charge in [-0.25, -0.2) is 18.3 Å². The number of hydrogen-bond donors (Lipinski definition) is 1. The molecule has 10 heteroatoms. The number of ether oxygens (including phenoxy) is 2. The number of alkyl halides is 2. The normalized spacial score (nSPS) is 18.0. The molecule has 1 aliphatic carbocycles. The molecule has 0 atom stereocenters. The predicted molar refractivity (Wildman–Crippen MR) is 128 cm³/mol. The molecule has 1 aliphatic heterocycles. The van der Waals surface area contributed by atoms with Crippen LogP contribution in [-0.4, -0.2) is 56.9 Å². The van der Waals surface area contributed by atoms with Crippen LogP contribution in [0, 0.1) is 12.3 Å². The molecule has 8 nitrogen and oxygen atoms in total. The van der Waals surface area contributed by atoms with Gasteiger partial charge in [0.15, 0.2) is 0 Å². The van der Waals surface area contributed by atoms with Crippen molar-refractivity contribution in [2.75, 3.05) is 25.6 Å². The summed E-state index contributed by atoms with van der Waals surface area (Å²) in [4.78, 5) is 9.09. The molecule has 2 fully saturated rings. The molecule has 3 aromatic heterocycles. The second kappa shape index (κ2) is 8.44. The fraction of sp³-hybridized carbons (Fsp3) is 0.480. The van der Waals surface area contributed by atoms with Crippen LogP contribution in [0.2, 0.25) is 0 Å². The van der Waals surface area contributed by atoms with Crippen molar-refractivity contribution in [1.82, 2.24) is 24.1 Å². The van der Waals surface area contributed by atoms with Crippen LogP contribution in [0.25, 0.3) is 27.7 Å². The van der Waals surface area contributed by atoms with Gasteiger partial charge in [0.05, 0.1) is 37.9 Å². The highest BCUT2D eigenvalue weighted by Gasteiger charge is 2.41. The quantitative estimate of drug-likeness (QED) is 0.429. The minimum atomic E-state index is -2.46. The molecule has 0 unspecified atom stereocenters.